The van der Waals surface area contributed by atoms with Gasteiger partial charge in [0.25, 0.3) is 0 Å². The molecule has 1 fully saturated rings. The molecule has 1 aliphatic rings. The van der Waals surface area contributed by atoms with Gasteiger partial charge in [-0.2, -0.15) is 0 Å². The normalized spacial score (nSPS) is 17.5. The molecule has 0 aromatic carbocycles. The summed E-state index contributed by atoms with van der Waals surface area (Å²) in [5, 5.41) is 11.9. The van der Waals surface area contributed by atoms with Gasteiger partial charge < -0.3 is 10.4 Å². The largest absolute Gasteiger partial charge is 0.396 e. The molecule has 0 spiro atoms. The van der Waals surface area contributed by atoms with Gasteiger partial charge in [-0.1, -0.05) is 0 Å². The molecule has 1 aliphatic carbocycles. The molecule has 3 nitrogen and oxygen atoms in total. The third kappa shape index (κ3) is 2.45. The fourth-order valence-electron chi connectivity index (χ4n) is 1.72. The van der Waals surface area contributed by atoms with Gasteiger partial charge in [0.2, 0.25) is 0 Å². The van der Waals surface area contributed by atoms with Gasteiger partial charge >= 0.3 is 0 Å². The third-order valence-electron chi connectivity index (χ3n) is 2.99. The van der Waals surface area contributed by atoms with E-state index in [1.165, 1.54) is 6.07 Å². The fourth-order valence-corrected chi connectivity index (χ4v) is 1.72. The summed E-state index contributed by atoms with van der Waals surface area (Å²) < 4.78 is 13.2. The van der Waals surface area contributed by atoms with Gasteiger partial charge in [-0.3, -0.25) is 0 Å². The van der Waals surface area contributed by atoms with Crippen LogP contribution in [0.3, 0.4) is 0 Å². The smallest absolute Gasteiger partial charge is 0.165 e. The Morgan fingerprint density at radius 2 is 2.33 bits per heavy atom. The molecule has 2 rings (SSSR count). The number of anilines is 1. The van der Waals surface area contributed by atoms with Crippen molar-refractivity contribution in [3.05, 3.63) is 24.1 Å². The van der Waals surface area contributed by atoms with Gasteiger partial charge in [0.05, 0.1) is 0 Å². The van der Waals surface area contributed by atoms with Crippen molar-refractivity contribution in [2.24, 2.45) is 5.41 Å². The summed E-state index contributed by atoms with van der Waals surface area (Å²) in [5.41, 5.74) is 0.179. The van der Waals surface area contributed by atoms with Crippen LogP contribution in [0, 0.1) is 11.2 Å². The van der Waals surface area contributed by atoms with Gasteiger partial charge in [-0.25, -0.2) is 9.37 Å². The molecule has 0 unspecified atom stereocenters. The van der Waals surface area contributed by atoms with Crippen LogP contribution in [0.2, 0.25) is 0 Å². The molecule has 0 bridgehead atoms. The summed E-state index contributed by atoms with van der Waals surface area (Å²) in [7, 11) is 0. The average molecular weight is 210 g/mol. The molecule has 15 heavy (non-hydrogen) atoms. The number of rotatable bonds is 5. The Morgan fingerprint density at radius 1 is 1.53 bits per heavy atom. The topological polar surface area (TPSA) is 45.1 Å². The van der Waals surface area contributed by atoms with E-state index in [1.807, 2.05) is 0 Å². The van der Waals surface area contributed by atoms with Crippen molar-refractivity contribution in [3.63, 3.8) is 0 Å². The van der Waals surface area contributed by atoms with Crippen molar-refractivity contribution in [1.82, 2.24) is 4.98 Å². The van der Waals surface area contributed by atoms with E-state index in [2.05, 4.69) is 10.3 Å². The molecule has 2 N–H and O–H groups in total. The second kappa shape index (κ2) is 4.14. The van der Waals surface area contributed by atoms with Crippen molar-refractivity contribution in [2.45, 2.75) is 19.3 Å². The zero-order chi connectivity index (χ0) is 10.7. The summed E-state index contributed by atoms with van der Waals surface area (Å²) in [4.78, 5) is 3.92. The van der Waals surface area contributed by atoms with Crippen molar-refractivity contribution >= 4 is 5.82 Å². The number of aliphatic hydroxyl groups is 1. The minimum absolute atomic E-state index is 0.179. The maximum atomic E-state index is 13.2. The van der Waals surface area contributed by atoms with Gasteiger partial charge in [-0.05, 0) is 36.8 Å². The van der Waals surface area contributed by atoms with Crippen LogP contribution in [0.4, 0.5) is 10.2 Å². The summed E-state index contributed by atoms with van der Waals surface area (Å²) in [6, 6.07) is 2.96. The highest BCUT2D eigenvalue weighted by atomic mass is 19.1. The molecule has 0 amide bonds. The minimum atomic E-state index is -0.322. The third-order valence-corrected chi connectivity index (χ3v) is 2.99. The van der Waals surface area contributed by atoms with Crippen LogP contribution in [0.5, 0.6) is 0 Å². The SMILES string of the molecule is OCCC1(CNc2ncccc2F)CC1. The molecule has 0 aliphatic heterocycles. The number of halogens is 1. The zero-order valence-electron chi connectivity index (χ0n) is 8.54. The van der Waals surface area contributed by atoms with Crippen molar-refractivity contribution in [2.75, 3.05) is 18.5 Å². The Balaban J connectivity index is 1.91. The molecule has 82 valence electrons. The molecular formula is C11H15FN2O. The van der Waals surface area contributed by atoms with Crippen LogP contribution >= 0.6 is 0 Å². The van der Waals surface area contributed by atoms with Crippen molar-refractivity contribution in [3.8, 4) is 0 Å². The molecule has 0 radical (unpaired) electrons. The highest BCUT2D eigenvalue weighted by Crippen LogP contribution is 2.48. The minimum Gasteiger partial charge on any atom is -0.396 e. The number of hydrogen-bond donors (Lipinski definition) is 2. The molecule has 1 aromatic heterocycles. The lowest BCUT2D eigenvalue weighted by atomic mass is 10.0. The lowest BCUT2D eigenvalue weighted by molar-refractivity contribution is 0.253. The highest BCUT2D eigenvalue weighted by molar-refractivity contribution is 5.36. The Labute approximate surface area is 88.3 Å². The number of pyridine rings is 1. The van der Waals surface area contributed by atoms with Gasteiger partial charge in [-0.15, -0.1) is 0 Å². The molecule has 1 heterocycles. The first kappa shape index (κ1) is 10.4. The van der Waals surface area contributed by atoms with E-state index in [0.29, 0.717) is 12.4 Å². The lowest BCUT2D eigenvalue weighted by Gasteiger charge is -2.14. The van der Waals surface area contributed by atoms with Crippen molar-refractivity contribution < 1.29 is 9.50 Å². The van der Waals surface area contributed by atoms with Crippen LogP contribution in [0.15, 0.2) is 18.3 Å². The van der Waals surface area contributed by atoms with Gasteiger partial charge in [0.1, 0.15) is 0 Å². The maximum absolute atomic E-state index is 13.2. The van der Waals surface area contributed by atoms with Crippen LogP contribution in [-0.4, -0.2) is 23.2 Å². The Kier molecular flexibility index (Phi) is 2.86. The van der Waals surface area contributed by atoms with E-state index in [9.17, 15) is 4.39 Å². The number of nitrogens with zero attached hydrogens (tertiary/aromatic N) is 1. The van der Waals surface area contributed by atoms with E-state index in [4.69, 9.17) is 5.11 Å². The average Bonchev–Trinajstić information content (AvgIpc) is 2.98. The summed E-state index contributed by atoms with van der Waals surface area (Å²) in [6.45, 7) is 0.897. The molecule has 0 atom stereocenters. The fraction of sp³-hybridized carbons (Fsp3) is 0.545. The highest BCUT2D eigenvalue weighted by Gasteiger charge is 2.41. The monoisotopic (exact) mass is 210 g/mol. The molecule has 0 saturated heterocycles. The van der Waals surface area contributed by atoms with E-state index >= 15 is 0 Å². The van der Waals surface area contributed by atoms with Crippen LogP contribution in [-0.2, 0) is 0 Å². The summed E-state index contributed by atoms with van der Waals surface area (Å²) in [5.74, 6) is -0.0148. The first-order valence-corrected chi connectivity index (χ1v) is 5.21. The van der Waals surface area contributed by atoms with Crippen LogP contribution in [0.25, 0.3) is 0 Å². The number of aromatic nitrogens is 1. The molecule has 1 aromatic rings. The first-order valence-electron chi connectivity index (χ1n) is 5.21. The number of nitrogens with one attached hydrogen (secondary N) is 1. The van der Waals surface area contributed by atoms with E-state index in [-0.39, 0.29) is 17.8 Å². The van der Waals surface area contributed by atoms with E-state index in [0.717, 1.165) is 19.3 Å². The quantitative estimate of drug-likeness (QED) is 0.778. The van der Waals surface area contributed by atoms with Crippen LogP contribution < -0.4 is 5.32 Å². The van der Waals surface area contributed by atoms with Crippen LogP contribution in [0.1, 0.15) is 19.3 Å². The number of hydrogen-bond acceptors (Lipinski definition) is 3. The predicted octanol–water partition coefficient (Wildman–Crippen LogP) is 1.80. The molecular weight excluding hydrogens is 195 g/mol. The van der Waals surface area contributed by atoms with E-state index < -0.39 is 0 Å². The maximum Gasteiger partial charge on any atom is 0.165 e. The standard InChI is InChI=1S/C11H15FN2O/c12-9-2-1-6-13-10(9)14-8-11(3-4-11)5-7-15/h1-2,6,15H,3-5,7-8H2,(H,13,14). The first-order chi connectivity index (χ1) is 7.26. The number of aliphatic hydroxyl groups excluding tert-OH is 1. The second-order valence-corrected chi connectivity index (χ2v) is 4.16. The Morgan fingerprint density at radius 3 is 2.93 bits per heavy atom. The Hall–Kier alpha value is -1.16. The second-order valence-electron chi connectivity index (χ2n) is 4.16. The molecule has 4 heteroatoms. The summed E-state index contributed by atoms with van der Waals surface area (Å²) >= 11 is 0. The summed E-state index contributed by atoms with van der Waals surface area (Å²) in [6.07, 6.45) is 4.56. The Bertz CT molecular complexity index is 339. The van der Waals surface area contributed by atoms with Gasteiger partial charge in [0.15, 0.2) is 11.6 Å². The van der Waals surface area contributed by atoms with E-state index in [1.54, 1.807) is 12.3 Å². The van der Waals surface area contributed by atoms with Gasteiger partial charge in [0, 0.05) is 19.3 Å². The van der Waals surface area contributed by atoms with Crippen molar-refractivity contribution in [1.29, 1.82) is 0 Å². The predicted molar refractivity (Wildman–Crippen MR) is 56.1 cm³/mol. The zero-order valence-corrected chi connectivity index (χ0v) is 8.54. The molecule has 1 saturated carbocycles. The lowest BCUT2D eigenvalue weighted by Crippen LogP contribution is -2.18.